The number of hydrogen-bond acceptors (Lipinski definition) is 3. The first kappa shape index (κ1) is 11.7. The van der Waals surface area contributed by atoms with Crippen LogP contribution in [0.25, 0.3) is 21.5 Å². The number of rotatable bonds is 2. The minimum Gasteiger partial charge on any atom is -0.504 e. The number of methoxy groups -OCH3 is 2. The highest BCUT2D eigenvalue weighted by Crippen LogP contribution is 2.43. The quantitative estimate of drug-likeness (QED) is 0.708. The summed E-state index contributed by atoms with van der Waals surface area (Å²) in [7, 11) is 3.09. The molecule has 0 saturated heterocycles. The molecule has 0 aliphatic carbocycles. The van der Waals surface area contributed by atoms with E-state index >= 15 is 0 Å². The van der Waals surface area contributed by atoms with Gasteiger partial charge >= 0.3 is 0 Å². The van der Waals surface area contributed by atoms with E-state index in [1.807, 2.05) is 36.4 Å². The predicted molar refractivity (Wildman–Crippen MR) is 76.2 cm³/mol. The predicted octanol–water partition coefficient (Wildman–Crippen LogP) is 3.72. The molecule has 0 aliphatic heterocycles. The van der Waals surface area contributed by atoms with Gasteiger partial charge < -0.3 is 14.6 Å². The van der Waals surface area contributed by atoms with Gasteiger partial charge in [0, 0.05) is 5.39 Å². The molecule has 1 N–H and O–H groups in total. The van der Waals surface area contributed by atoms with Crippen LogP contribution in [0, 0.1) is 0 Å². The fourth-order valence-electron chi connectivity index (χ4n) is 2.43. The molecule has 0 heterocycles. The van der Waals surface area contributed by atoms with E-state index in [9.17, 15) is 5.11 Å². The van der Waals surface area contributed by atoms with Crippen LogP contribution >= 0.6 is 0 Å². The zero-order valence-corrected chi connectivity index (χ0v) is 10.8. The van der Waals surface area contributed by atoms with Gasteiger partial charge in [-0.3, -0.25) is 0 Å². The molecule has 19 heavy (non-hydrogen) atoms. The highest BCUT2D eigenvalue weighted by molar-refractivity contribution is 6.02. The number of phenolic OH excluding ortho intramolecular Hbond substituents is 1. The van der Waals surface area contributed by atoms with Crippen LogP contribution < -0.4 is 9.47 Å². The minimum atomic E-state index is 0.0853. The second-order valence-electron chi connectivity index (χ2n) is 4.38. The topological polar surface area (TPSA) is 38.7 Å². The molecule has 3 nitrogen and oxygen atoms in total. The van der Waals surface area contributed by atoms with Crippen molar-refractivity contribution in [3.63, 3.8) is 0 Å². The van der Waals surface area contributed by atoms with Crippen molar-refractivity contribution in [2.45, 2.75) is 0 Å². The SMILES string of the molecule is COc1c(O)cc2cc3ccccc3cc2c1OC. The lowest BCUT2D eigenvalue weighted by Crippen LogP contribution is -1.92. The van der Waals surface area contributed by atoms with E-state index in [-0.39, 0.29) is 5.75 Å². The van der Waals surface area contributed by atoms with E-state index in [2.05, 4.69) is 0 Å². The Bertz CT molecular complexity index is 763. The number of aromatic hydroxyl groups is 1. The second-order valence-corrected chi connectivity index (χ2v) is 4.38. The molecule has 96 valence electrons. The van der Waals surface area contributed by atoms with Crippen LogP contribution in [0.15, 0.2) is 42.5 Å². The Morgan fingerprint density at radius 2 is 1.42 bits per heavy atom. The summed E-state index contributed by atoms with van der Waals surface area (Å²) in [5.74, 6) is 1.01. The highest BCUT2D eigenvalue weighted by atomic mass is 16.5. The molecule has 0 aromatic heterocycles. The standard InChI is InChI=1S/C16H14O3/c1-18-15-13-8-11-6-4-3-5-10(11)7-12(13)9-14(17)16(15)19-2/h3-9,17H,1-2H3. The summed E-state index contributed by atoms with van der Waals surface area (Å²) in [5.41, 5.74) is 0. The van der Waals surface area contributed by atoms with Gasteiger partial charge in [0.2, 0.25) is 5.75 Å². The van der Waals surface area contributed by atoms with E-state index in [1.165, 1.54) is 7.11 Å². The van der Waals surface area contributed by atoms with Gasteiger partial charge in [0.15, 0.2) is 11.5 Å². The van der Waals surface area contributed by atoms with Gasteiger partial charge in [0.1, 0.15) is 0 Å². The van der Waals surface area contributed by atoms with E-state index in [0.29, 0.717) is 11.5 Å². The van der Waals surface area contributed by atoms with Gasteiger partial charge in [0.05, 0.1) is 14.2 Å². The lowest BCUT2D eigenvalue weighted by molar-refractivity contribution is 0.336. The average Bonchev–Trinajstić information content (AvgIpc) is 2.43. The zero-order valence-electron chi connectivity index (χ0n) is 10.8. The van der Waals surface area contributed by atoms with Crippen LogP contribution in [0.5, 0.6) is 17.2 Å². The van der Waals surface area contributed by atoms with Crippen molar-refractivity contribution >= 4 is 21.5 Å². The molecule has 0 bridgehead atoms. The molecule has 0 unspecified atom stereocenters. The molecule has 0 spiro atoms. The maximum absolute atomic E-state index is 9.99. The van der Waals surface area contributed by atoms with Crippen molar-refractivity contribution in [1.82, 2.24) is 0 Å². The smallest absolute Gasteiger partial charge is 0.203 e. The lowest BCUT2D eigenvalue weighted by atomic mass is 10.0. The molecular weight excluding hydrogens is 240 g/mol. The van der Waals surface area contributed by atoms with Crippen molar-refractivity contribution < 1.29 is 14.6 Å². The van der Waals surface area contributed by atoms with Crippen LogP contribution in [0.1, 0.15) is 0 Å². The minimum absolute atomic E-state index is 0.0853. The maximum atomic E-state index is 9.99. The Morgan fingerprint density at radius 3 is 2.05 bits per heavy atom. The summed E-state index contributed by atoms with van der Waals surface area (Å²) in [6, 6.07) is 13.9. The molecule has 0 fully saturated rings. The first-order chi connectivity index (χ1) is 9.24. The van der Waals surface area contributed by atoms with Crippen LogP contribution in [0.3, 0.4) is 0 Å². The summed E-state index contributed by atoms with van der Waals surface area (Å²) in [5, 5.41) is 14.1. The molecule has 3 rings (SSSR count). The van der Waals surface area contributed by atoms with E-state index < -0.39 is 0 Å². The third kappa shape index (κ3) is 1.74. The summed E-state index contributed by atoms with van der Waals surface area (Å²) in [4.78, 5) is 0. The number of phenols is 1. The van der Waals surface area contributed by atoms with Gasteiger partial charge in [-0.15, -0.1) is 0 Å². The van der Waals surface area contributed by atoms with Crippen molar-refractivity contribution in [2.75, 3.05) is 14.2 Å². The van der Waals surface area contributed by atoms with Gasteiger partial charge in [-0.2, -0.15) is 0 Å². The molecule has 0 atom stereocenters. The number of fused-ring (bicyclic) bond motifs is 2. The Morgan fingerprint density at radius 1 is 0.789 bits per heavy atom. The summed E-state index contributed by atoms with van der Waals surface area (Å²) in [6.07, 6.45) is 0. The lowest BCUT2D eigenvalue weighted by Gasteiger charge is -2.13. The average molecular weight is 254 g/mol. The second kappa shape index (κ2) is 4.35. The molecule has 3 heteroatoms. The van der Waals surface area contributed by atoms with Crippen molar-refractivity contribution in [1.29, 1.82) is 0 Å². The van der Waals surface area contributed by atoms with Crippen LogP contribution in [-0.4, -0.2) is 19.3 Å². The maximum Gasteiger partial charge on any atom is 0.203 e. The molecule has 3 aromatic rings. The Hall–Kier alpha value is -2.42. The van der Waals surface area contributed by atoms with E-state index in [1.54, 1.807) is 13.2 Å². The Labute approximate surface area is 111 Å². The molecular formula is C16H14O3. The van der Waals surface area contributed by atoms with E-state index in [4.69, 9.17) is 9.47 Å². The van der Waals surface area contributed by atoms with Crippen molar-refractivity contribution in [3.05, 3.63) is 42.5 Å². The summed E-state index contributed by atoms with van der Waals surface area (Å²) in [6.45, 7) is 0. The summed E-state index contributed by atoms with van der Waals surface area (Å²) >= 11 is 0. The van der Waals surface area contributed by atoms with Crippen molar-refractivity contribution in [2.24, 2.45) is 0 Å². The first-order valence-corrected chi connectivity index (χ1v) is 6.01. The number of benzene rings is 3. The monoisotopic (exact) mass is 254 g/mol. The molecule has 0 radical (unpaired) electrons. The van der Waals surface area contributed by atoms with E-state index in [0.717, 1.165) is 21.5 Å². The third-order valence-electron chi connectivity index (χ3n) is 3.30. The van der Waals surface area contributed by atoms with Gasteiger partial charge in [-0.25, -0.2) is 0 Å². The third-order valence-corrected chi connectivity index (χ3v) is 3.30. The fraction of sp³-hybridized carbons (Fsp3) is 0.125. The number of hydrogen-bond donors (Lipinski definition) is 1. The van der Waals surface area contributed by atoms with Gasteiger partial charge in [0.25, 0.3) is 0 Å². The highest BCUT2D eigenvalue weighted by Gasteiger charge is 2.14. The summed E-state index contributed by atoms with van der Waals surface area (Å²) < 4.78 is 10.6. The molecule has 3 aromatic carbocycles. The van der Waals surface area contributed by atoms with Crippen LogP contribution in [0.4, 0.5) is 0 Å². The van der Waals surface area contributed by atoms with Gasteiger partial charge in [-0.1, -0.05) is 24.3 Å². The number of ether oxygens (including phenoxy) is 2. The van der Waals surface area contributed by atoms with Crippen LogP contribution in [-0.2, 0) is 0 Å². The van der Waals surface area contributed by atoms with Crippen molar-refractivity contribution in [3.8, 4) is 17.2 Å². The fourth-order valence-corrected chi connectivity index (χ4v) is 2.43. The normalized spacial score (nSPS) is 10.8. The van der Waals surface area contributed by atoms with Crippen LogP contribution in [0.2, 0.25) is 0 Å². The molecule has 0 aliphatic rings. The first-order valence-electron chi connectivity index (χ1n) is 6.01. The molecule has 0 saturated carbocycles. The zero-order chi connectivity index (χ0) is 13.4. The van der Waals surface area contributed by atoms with Gasteiger partial charge in [-0.05, 0) is 34.4 Å². The Balaban J connectivity index is 2.46. The Kier molecular flexibility index (Phi) is 2.67. The molecule has 0 amide bonds. The largest absolute Gasteiger partial charge is 0.504 e.